The van der Waals surface area contributed by atoms with Crippen LogP contribution in [0.1, 0.15) is 27.7 Å². The first kappa shape index (κ1) is 10.8. The zero-order valence-corrected chi connectivity index (χ0v) is 9.16. The molecule has 1 aromatic rings. The fraction of sp³-hybridized carbons (Fsp3) is 0.600. The molecule has 0 fully saturated rings. The third-order valence-electron chi connectivity index (χ3n) is 1.90. The van der Waals surface area contributed by atoms with Crippen molar-refractivity contribution in [3.05, 3.63) is 12.4 Å². The maximum absolute atomic E-state index is 11.6. The van der Waals surface area contributed by atoms with Gasteiger partial charge in [0.25, 0.3) is 0 Å². The Kier molecular flexibility index (Phi) is 2.93. The summed E-state index contributed by atoms with van der Waals surface area (Å²) in [6, 6.07) is 0. The second-order valence-corrected chi connectivity index (χ2v) is 4.29. The molecule has 14 heavy (non-hydrogen) atoms. The fourth-order valence-electron chi connectivity index (χ4n) is 0.920. The number of carbonyl (C=O) groups excluding carboxylic acids is 1. The smallest absolute Gasteiger partial charge is 0.229 e. The average Bonchev–Trinajstić information content (AvgIpc) is 2.50. The number of nitrogens with one attached hydrogen (secondary N) is 1. The van der Waals surface area contributed by atoms with Crippen molar-refractivity contribution in [2.24, 2.45) is 5.41 Å². The van der Waals surface area contributed by atoms with E-state index in [-0.39, 0.29) is 11.3 Å². The van der Waals surface area contributed by atoms with Crippen molar-refractivity contribution in [2.75, 3.05) is 5.32 Å². The van der Waals surface area contributed by atoms with E-state index in [0.717, 1.165) is 12.2 Å². The minimum atomic E-state index is -0.367. The lowest BCUT2D eigenvalue weighted by molar-refractivity contribution is -0.123. The van der Waals surface area contributed by atoms with Crippen LogP contribution in [-0.2, 0) is 11.3 Å². The van der Waals surface area contributed by atoms with Crippen molar-refractivity contribution in [3.63, 3.8) is 0 Å². The van der Waals surface area contributed by atoms with Crippen LogP contribution in [-0.4, -0.2) is 15.7 Å². The Hall–Kier alpha value is -1.32. The molecule has 1 N–H and O–H groups in total. The van der Waals surface area contributed by atoms with Crippen molar-refractivity contribution in [1.29, 1.82) is 0 Å². The molecular formula is C10H17N3O. The van der Waals surface area contributed by atoms with Crippen molar-refractivity contribution in [2.45, 2.75) is 34.2 Å². The van der Waals surface area contributed by atoms with Gasteiger partial charge in [-0.2, -0.15) is 5.10 Å². The lowest BCUT2D eigenvalue weighted by atomic mass is 9.96. The number of rotatable bonds is 2. The van der Waals surface area contributed by atoms with Gasteiger partial charge in [0.15, 0.2) is 0 Å². The Morgan fingerprint density at radius 2 is 2.21 bits per heavy atom. The van der Waals surface area contributed by atoms with E-state index in [1.54, 1.807) is 10.9 Å². The Bertz CT molecular complexity index is 322. The largest absolute Gasteiger partial charge is 0.323 e. The summed E-state index contributed by atoms with van der Waals surface area (Å²) < 4.78 is 1.78. The SMILES string of the molecule is CCn1cc(NC(=O)C(C)(C)C)cn1. The number of carbonyl (C=O) groups is 1. The number of nitrogens with zero attached hydrogens (tertiary/aromatic N) is 2. The number of aromatic nitrogens is 2. The molecule has 0 aliphatic heterocycles. The van der Waals surface area contributed by atoms with E-state index in [9.17, 15) is 4.79 Å². The highest BCUT2D eigenvalue weighted by atomic mass is 16.2. The molecule has 0 aromatic carbocycles. The van der Waals surface area contributed by atoms with Gasteiger partial charge in [0.2, 0.25) is 5.91 Å². The van der Waals surface area contributed by atoms with Gasteiger partial charge in [0.1, 0.15) is 0 Å². The second-order valence-electron chi connectivity index (χ2n) is 4.29. The van der Waals surface area contributed by atoms with Gasteiger partial charge in [-0.1, -0.05) is 20.8 Å². The number of amides is 1. The number of hydrogen-bond donors (Lipinski definition) is 1. The van der Waals surface area contributed by atoms with Crippen LogP contribution in [0, 0.1) is 5.41 Å². The van der Waals surface area contributed by atoms with Crippen LogP contribution in [0.5, 0.6) is 0 Å². The first-order valence-corrected chi connectivity index (χ1v) is 4.77. The molecule has 4 heteroatoms. The molecule has 0 saturated carbocycles. The maximum Gasteiger partial charge on any atom is 0.229 e. The summed E-state index contributed by atoms with van der Waals surface area (Å²) >= 11 is 0. The molecular weight excluding hydrogens is 178 g/mol. The molecule has 0 radical (unpaired) electrons. The molecule has 4 nitrogen and oxygen atoms in total. The first-order valence-electron chi connectivity index (χ1n) is 4.77. The number of anilines is 1. The summed E-state index contributed by atoms with van der Waals surface area (Å²) in [5, 5.41) is 6.89. The maximum atomic E-state index is 11.6. The summed E-state index contributed by atoms with van der Waals surface area (Å²) in [6.07, 6.45) is 3.48. The highest BCUT2D eigenvalue weighted by Gasteiger charge is 2.21. The zero-order chi connectivity index (χ0) is 10.8. The predicted octanol–water partition coefficient (Wildman–Crippen LogP) is 1.89. The van der Waals surface area contributed by atoms with Crippen LogP contribution in [0.15, 0.2) is 12.4 Å². The predicted molar refractivity (Wildman–Crippen MR) is 56.0 cm³/mol. The van der Waals surface area contributed by atoms with Crippen molar-refractivity contribution in [1.82, 2.24) is 9.78 Å². The first-order chi connectivity index (χ1) is 6.43. The van der Waals surface area contributed by atoms with Crippen LogP contribution in [0.25, 0.3) is 0 Å². The van der Waals surface area contributed by atoms with Gasteiger partial charge in [-0.05, 0) is 6.92 Å². The molecule has 0 bridgehead atoms. The van der Waals surface area contributed by atoms with E-state index >= 15 is 0 Å². The van der Waals surface area contributed by atoms with E-state index in [0.29, 0.717) is 0 Å². The molecule has 0 spiro atoms. The van der Waals surface area contributed by atoms with Gasteiger partial charge in [0.05, 0.1) is 11.9 Å². The van der Waals surface area contributed by atoms with Gasteiger partial charge < -0.3 is 5.32 Å². The lowest BCUT2D eigenvalue weighted by Crippen LogP contribution is -2.27. The fourth-order valence-corrected chi connectivity index (χ4v) is 0.920. The van der Waals surface area contributed by atoms with E-state index in [4.69, 9.17) is 0 Å². The van der Waals surface area contributed by atoms with Crippen LogP contribution >= 0.6 is 0 Å². The summed E-state index contributed by atoms with van der Waals surface area (Å²) in [4.78, 5) is 11.6. The third-order valence-corrected chi connectivity index (χ3v) is 1.90. The highest BCUT2D eigenvalue weighted by molar-refractivity contribution is 5.94. The van der Waals surface area contributed by atoms with Crippen molar-refractivity contribution in [3.8, 4) is 0 Å². The Morgan fingerprint density at radius 1 is 1.57 bits per heavy atom. The molecule has 1 heterocycles. The monoisotopic (exact) mass is 195 g/mol. The Morgan fingerprint density at radius 3 is 2.64 bits per heavy atom. The van der Waals surface area contributed by atoms with Gasteiger partial charge >= 0.3 is 0 Å². The molecule has 0 aliphatic carbocycles. The van der Waals surface area contributed by atoms with Crippen LogP contribution in [0.3, 0.4) is 0 Å². The van der Waals surface area contributed by atoms with Crippen LogP contribution in [0.2, 0.25) is 0 Å². The van der Waals surface area contributed by atoms with Crippen molar-refractivity contribution >= 4 is 11.6 Å². The third kappa shape index (κ3) is 2.58. The summed E-state index contributed by atoms with van der Waals surface area (Å²) in [6.45, 7) is 8.46. The van der Waals surface area contributed by atoms with Gasteiger partial charge in [-0.15, -0.1) is 0 Å². The minimum absolute atomic E-state index is 0.00755. The van der Waals surface area contributed by atoms with Crippen molar-refractivity contribution < 1.29 is 4.79 Å². The van der Waals surface area contributed by atoms with E-state index < -0.39 is 0 Å². The molecule has 0 unspecified atom stereocenters. The van der Waals surface area contributed by atoms with Gasteiger partial charge in [-0.3, -0.25) is 9.48 Å². The van der Waals surface area contributed by atoms with Crippen LogP contribution in [0.4, 0.5) is 5.69 Å². The molecule has 78 valence electrons. The van der Waals surface area contributed by atoms with E-state index in [2.05, 4.69) is 10.4 Å². The van der Waals surface area contributed by atoms with E-state index in [1.807, 2.05) is 33.9 Å². The second kappa shape index (κ2) is 3.82. The van der Waals surface area contributed by atoms with Gasteiger partial charge in [0, 0.05) is 18.2 Å². The molecule has 1 aromatic heterocycles. The average molecular weight is 195 g/mol. The van der Waals surface area contributed by atoms with Crippen LogP contribution < -0.4 is 5.32 Å². The summed E-state index contributed by atoms with van der Waals surface area (Å²) in [5.74, 6) is 0.00755. The zero-order valence-electron chi connectivity index (χ0n) is 9.16. The van der Waals surface area contributed by atoms with E-state index in [1.165, 1.54) is 0 Å². The lowest BCUT2D eigenvalue weighted by Gasteiger charge is -2.16. The Balaban J connectivity index is 2.65. The molecule has 0 saturated heterocycles. The number of hydrogen-bond acceptors (Lipinski definition) is 2. The summed E-state index contributed by atoms with van der Waals surface area (Å²) in [5.41, 5.74) is 0.390. The normalized spacial score (nSPS) is 11.4. The highest BCUT2D eigenvalue weighted by Crippen LogP contribution is 2.16. The number of aryl methyl sites for hydroxylation is 1. The topological polar surface area (TPSA) is 46.9 Å². The quantitative estimate of drug-likeness (QED) is 0.783. The molecule has 0 aliphatic rings. The minimum Gasteiger partial charge on any atom is -0.323 e. The standard InChI is InChI=1S/C10H17N3O/c1-5-13-7-8(6-11-13)12-9(14)10(2,3)4/h6-7H,5H2,1-4H3,(H,12,14). The molecule has 1 amide bonds. The Labute approximate surface area is 84.3 Å². The van der Waals surface area contributed by atoms with Gasteiger partial charge in [-0.25, -0.2) is 0 Å². The molecule has 1 rings (SSSR count). The molecule has 0 atom stereocenters. The summed E-state index contributed by atoms with van der Waals surface area (Å²) in [7, 11) is 0.